The lowest BCUT2D eigenvalue weighted by atomic mass is 9.70. The number of hydrogen-bond acceptors (Lipinski definition) is 7. The standard InChI is InChI=1S/C23H27NO6/c1-6-7-8-9-24-12(3)16-14(26)10-15-23(5,22(16)29)18-20(28)11(2)19(27)17(13(4)25)21(18)30-15/h10,24,27-28H,6-9H2,1-5H3. The van der Waals surface area contributed by atoms with Crippen LogP contribution in [0.25, 0.3) is 0 Å². The highest BCUT2D eigenvalue weighted by atomic mass is 16.5. The predicted octanol–water partition coefficient (Wildman–Crippen LogP) is 3.35. The number of benzene rings is 1. The van der Waals surface area contributed by atoms with Gasteiger partial charge >= 0.3 is 0 Å². The second-order valence-electron chi connectivity index (χ2n) is 8.02. The fourth-order valence-electron chi connectivity index (χ4n) is 4.10. The van der Waals surface area contributed by atoms with E-state index in [0.29, 0.717) is 12.2 Å². The molecule has 1 heterocycles. The van der Waals surface area contributed by atoms with Gasteiger partial charge in [0.25, 0.3) is 0 Å². The predicted molar refractivity (Wildman–Crippen MR) is 111 cm³/mol. The fraction of sp³-hybridized carbons (Fsp3) is 0.435. The number of unbranched alkanes of at least 4 members (excludes halogenated alkanes) is 2. The minimum absolute atomic E-state index is 0.00343. The van der Waals surface area contributed by atoms with Crippen molar-refractivity contribution in [1.29, 1.82) is 0 Å². The summed E-state index contributed by atoms with van der Waals surface area (Å²) in [6.07, 6.45) is 4.22. The molecular formula is C23H27NO6. The molecular weight excluding hydrogens is 386 g/mol. The second kappa shape index (κ2) is 7.63. The molecule has 1 aliphatic heterocycles. The third kappa shape index (κ3) is 3.00. The topological polar surface area (TPSA) is 113 Å². The summed E-state index contributed by atoms with van der Waals surface area (Å²) in [7, 11) is 0. The Morgan fingerprint density at radius 1 is 1.17 bits per heavy atom. The third-order valence-electron chi connectivity index (χ3n) is 5.93. The lowest BCUT2D eigenvalue weighted by Gasteiger charge is -2.29. The highest BCUT2D eigenvalue weighted by Gasteiger charge is 2.56. The molecule has 3 N–H and O–H groups in total. The Balaban J connectivity index is 2.18. The second-order valence-corrected chi connectivity index (χ2v) is 8.02. The number of allylic oxidation sites excluding steroid dienone is 4. The Morgan fingerprint density at radius 2 is 1.83 bits per heavy atom. The normalized spacial score (nSPS) is 21.6. The van der Waals surface area contributed by atoms with E-state index in [-0.39, 0.29) is 39.5 Å². The van der Waals surface area contributed by atoms with Crippen LogP contribution in [0.5, 0.6) is 17.2 Å². The quantitative estimate of drug-likeness (QED) is 0.284. The van der Waals surface area contributed by atoms with Gasteiger partial charge in [0.2, 0.25) is 0 Å². The van der Waals surface area contributed by atoms with E-state index in [9.17, 15) is 24.6 Å². The summed E-state index contributed by atoms with van der Waals surface area (Å²) in [5.41, 5.74) is -0.941. The van der Waals surface area contributed by atoms with E-state index in [1.165, 1.54) is 19.9 Å². The number of nitrogens with one attached hydrogen (secondary N) is 1. The van der Waals surface area contributed by atoms with Crippen molar-refractivity contribution in [3.8, 4) is 17.2 Å². The molecule has 0 bridgehead atoms. The molecule has 1 aliphatic carbocycles. The first kappa shape index (κ1) is 21.6. The van der Waals surface area contributed by atoms with Crippen molar-refractivity contribution >= 4 is 17.3 Å². The minimum Gasteiger partial charge on any atom is -0.507 e. The first-order valence-electron chi connectivity index (χ1n) is 10.1. The largest absolute Gasteiger partial charge is 0.507 e. The van der Waals surface area contributed by atoms with Crippen molar-refractivity contribution < 1.29 is 29.3 Å². The molecule has 1 unspecified atom stereocenters. The van der Waals surface area contributed by atoms with Gasteiger partial charge in [-0.2, -0.15) is 0 Å². The molecule has 1 aromatic carbocycles. The SMILES string of the molecule is CCCCCNC(C)=C1C(=O)C=C2Oc3c(C(C)=O)c(O)c(C)c(O)c3C2(C)C1=O. The molecule has 2 aliphatic rings. The van der Waals surface area contributed by atoms with E-state index in [2.05, 4.69) is 12.2 Å². The number of Topliss-reactive ketones (excluding diaryl/α,β-unsaturated/α-hetero) is 2. The molecule has 0 saturated heterocycles. The van der Waals surface area contributed by atoms with E-state index in [1.807, 2.05) is 0 Å². The number of phenolic OH excluding ortho intramolecular Hbond substituents is 2. The van der Waals surface area contributed by atoms with E-state index in [1.54, 1.807) is 13.8 Å². The summed E-state index contributed by atoms with van der Waals surface area (Å²) >= 11 is 0. The number of ketones is 3. The Bertz CT molecular complexity index is 1030. The summed E-state index contributed by atoms with van der Waals surface area (Å²) < 4.78 is 5.74. The monoisotopic (exact) mass is 413 g/mol. The molecule has 1 aromatic rings. The number of fused-ring (bicyclic) bond motifs is 3. The van der Waals surface area contributed by atoms with E-state index in [4.69, 9.17) is 4.74 Å². The maximum Gasteiger partial charge on any atom is 0.194 e. The van der Waals surface area contributed by atoms with Gasteiger partial charge in [-0.3, -0.25) is 14.4 Å². The zero-order valence-corrected chi connectivity index (χ0v) is 17.9. The summed E-state index contributed by atoms with van der Waals surface area (Å²) in [5, 5.41) is 24.3. The van der Waals surface area contributed by atoms with Gasteiger partial charge in [0, 0.05) is 23.9 Å². The van der Waals surface area contributed by atoms with Crippen LogP contribution in [-0.4, -0.2) is 34.1 Å². The number of aromatic hydroxyl groups is 2. The van der Waals surface area contributed by atoms with Crippen molar-refractivity contribution in [2.45, 2.75) is 59.3 Å². The highest BCUT2D eigenvalue weighted by Crippen LogP contribution is 2.57. The molecule has 3 rings (SSSR count). The number of carbonyl (C=O) groups excluding carboxylic acids is 3. The van der Waals surface area contributed by atoms with Gasteiger partial charge in [-0.05, 0) is 34.1 Å². The van der Waals surface area contributed by atoms with Crippen molar-refractivity contribution in [2.75, 3.05) is 6.54 Å². The summed E-state index contributed by atoms with van der Waals surface area (Å²) in [4.78, 5) is 38.5. The molecule has 160 valence electrons. The molecule has 30 heavy (non-hydrogen) atoms. The Morgan fingerprint density at radius 3 is 2.43 bits per heavy atom. The van der Waals surface area contributed by atoms with Crippen LogP contribution < -0.4 is 10.1 Å². The van der Waals surface area contributed by atoms with Crippen LogP contribution in [0.1, 0.15) is 68.4 Å². The smallest absolute Gasteiger partial charge is 0.194 e. The van der Waals surface area contributed by atoms with E-state index < -0.39 is 28.5 Å². The maximum absolute atomic E-state index is 13.6. The van der Waals surface area contributed by atoms with Gasteiger partial charge in [0.15, 0.2) is 17.3 Å². The Kier molecular flexibility index (Phi) is 5.50. The minimum atomic E-state index is -1.47. The van der Waals surface area contributed by atoms with Crippen molar-refractivity contribution in [3.05, 3.63) is 39.8 Å². The number of ether oxygens (including phenoxy) is 1. The van der Waals surface area contributed by atoms with Crippen molar-refractivity contribution in [1.82, 2.24) is 5.32 Å². The molecule has 0 aromatic heterocycles. The molecule has 0 spiro atoms. The van der Waals surface area contributed by atoms with Crippen molar-refractivity contribution in [2.24, 2.45) is 0 Å². The molecule has 7 heteroatoms. The van der Waals surface area contributed by atoms with E-state index in [0.717, 1.165) is 19.3 Å². The van der Waals surface area contributed by atoms with E-state index >= 15 is 0 Å². The van der Waals surface area contributed by atoms with Crippen LogP contribution in [0.2, 0.25) is 0 Å². The maximum atomic E-state index is 13.6. The van der Waals surface area contributed by atoms with Crippen LogP contribution in [-0.2, 0) is 15.0 Å². The van der Waals surface area contributed by atoms with Gasteiger partial charge in [0.05, 0.1) is 11.1 Å². The fourth-order valence-corrected chi connectivity index (χ4v) is 4.10. The third-order valence-corrected chi connectivity index (χ3v) is 5.93. The Labute approximate surface area is 175 Å². The molecule has 0 saturated carbocycles. The molecule has 0 amide bonds. The first-order chi connectivity index (χ1) is 14.1. The van der Waals surface area contributed by atoms with Crippen LogP contribution >= 0.6 is 0 Å². The zero-order chi connectivity index (χ0) is 22.4. The molecule has 0 fully saturated rings. The van der Waals surface area contributed by atoms with Crippen LogP contribution in [0.4, 0.5) is 0 Å². The summed E-state index contributed by atoms with van der Waals surface area (Å²) in [5.74, 6) is -2.24. The average Bonchev–Trinajstić information content (AvgIpc) is 2.96. The van der Waals surface area contributed by atoms with Crippen LogP contribution in [0.15, 0.2) is 23.1 Å². The van der Waals surface area contributed by atoms with Crippen LogP contribution in [0.3, 0.4) is 0 Å². The molecule has 1 atom stereocenters. The summed E-state index contributed by atoms with van der Waals surface area (Å²) in [6, 6.07) is 0. The molecule has 0 radical (unpaired) electrons. The van der Waals surface area contributed by atoms with Gasteiger partial charge < -0.3 is 20.3 Å². The lowest BCUT2D eigenvalue weighted by molar-refractivity contribution is -0.123. The van der Waals surface area contributed by atoms with Crippen LogP contribution in [0, 0.1) is 6.92 Å². The van der Waals surface area contributed by atoms with Gasteiger partial charge in [-0.25, -0.2) is 0 Å². The van der Waals surface area contributed by atoms with Gasteiger partial charge in [-0.1, -0.05) is 19.8 Å². The van der Waals surface area contributed by atoms with Crippen molar-refractivity contribution in [3.63, 3.8) is 0 Å². The Hall–Kier alpha value is -3.09. The lowest BCUT2D eigenvalue weighted by Crippen LogP contribution is -2.41. The number of phenols is 2. The number of rotatable bonds is 6. The highest BCUT2D eigenvalue weighted by molar-refractivity contribution is 6.31. The number of hydrogen-bond donors (Lipinski definition) is 3. The average molecular weight is 413 g/mol. The zero-order valence-electron chi connectivity index (χ0n) is 17.9. The first-order valence-corrected chi connectivity index (χ1v) is 10.1. The summed E-state index contributed by atoms with van der Waals surface area (Å²) in [6.45, 7) is 8.68. The molecule has 7 nitrogen and oxygen atoms in total. The number of carbonyl (C=O) groups is 3. The van der Waals surface area contributed by atoms with Gasteiger partial charge in [-0.15, -0.1) is 0 Å². The van der Waals surface area contributed by atoms with Gasteiger partial charge in [0.1, 0.15) is 34.0 Å².